The van der Waals surface area contributed by atoms with E-state index in [-0.39, 0.29) is 29.4 Å². The van der Waals surface area contributed by atoms with Crippen LogP contribution in [0.2, 0.25) is 5.28 Å². The van der Waals surface area contributed by atoms with Crippen molar-refractivity contribution in [1.82, 2.24) is 14.9 Å². The molecular formula is C28H31ClN4O3. The quantitative estimate of drug-likeness (QED) is 0.422. The standard InChI is InChI=1S/C28H31ClN4O3/c1-28(2,3)36-27(34)33-19-11-12-20(33)15-32(14-19)25-24-23(30-26(29)31-25)13-18(16-35-24)22-10-6-8-17-7-4-5-9-21(17)22/h4-10,18-20H,11-16H2,1-3H3. The Hall–Kier alpha value is -3.06. The van der Waals surface area contributed by atoms with Crippen LogP contribution in [0.3, 0.4) is 0 Å². The van der Waals surface area contributed by atoms with Crippen LogP contribution in [-0.2, 0) is 11.2 Å². The van der Waals surface area contributed by atoms with Crippen molar-refractivity contribution in [2.75, 3.05) is 24.6 Å². The van der Waals surface area contributed by atoms with Gasteiger partial charge in [0, 0.05) is 25.4 Å². The molecular weight excluding hydrogens is 476 g/mol. The van der Waals surface area contributed by atoms with Crippen molar-refractivity contribution >= 4 is 34.3 Å². The molecule has 0 N–H and O–H groups in total. The first kappa shape index (κ1) is 23.3. The SMILES string of the molecule is CC(C)(C)OC(=O)N1C2CCC1CN(c1nc(Cl)nc3c1OCC(c1cccc4ccccc14)C3)C2. The molecule has 0 aliphatic carbocycles. The zero-order valence-electron chi connectivity index (χ0n) is 20.9. The van der Waals surface area contributed by atoms with E-state index in [1.165, 1.54) is 16.3 Å². The number of hydrogen-bond acceptors (Lipinski definition) is 6. The highest BCUT2D eigenvalue weighted by molar-refractivity contribution is 6.28. The second kappa shape index (κ2) is 8.80. The molecule has 188 valence electrons. The first-order chi connectivity index (χ1) is 17.3. The number of carbonyl (C=O) groups is 1. The van der Waals surface area contributed by atoms with Crippen molar-refractivity contribution in [2.45, 2.75) is 63.6 Å². The number of halogens is 1. The Morgan fingerprint density at radius 1 is 1.06 bits per heavy atom. The molecule has 0 spiro atoms. The molecule has 3 unspecified atom stereocenters. The fourth-order valence-corrected chi connectivity index (χ4v) is 6.11. The molecule has 36 heavy (non-hydrogen) atoms. The topological polar surface area (TPSA) is 67.8 Å². The number of aromatic nitrogens is 2. The minimum absolute atomic E-state index is 0.0787. The summed E-state index contributed by atoms with van der Waals surface area (Å²) in [5.74, 6) is 1.64. The Bertz CT molecular complexity index is 1300. The molecule has 0 saturated carbocycles. The number of benzene rings is 2. The number of anilines is 1. The lowest BCUT2D eigenvalue weighted by molar-refractivity contribution is 0.0122. The summed E-state index contributed by atoms with van der Waals surface area (Å²) in [5.41, 5.74) is 1.59. The third kappa shape index (κ3) is 4.23. The molecule has 7 nitrogen and oxygen atoms in total. The third-order valence-electron chi connectivity index (χ3n) is 7.41. The maximum absolute atomic E-state index is 12.9. The molecule has 2 bridgehead atoms. The van der Waals surface area contributed by atoms with Crippen LogP contribution in [0.4, 0.5) is 10.6 Å². The van der Waals surface area contributed by atoms with Crippen LogP contribution in [0.15, 0.2) is 42.5 Å². The van der Waals surface area contributed by atoms with E-state index in [4.69, 9.17) is 21.1 Å². The molecule has 1 aromatic heterocycles. The van der Waals surface area contributed by atoms with Crippen LogP contribution >= 0.6 is 11.6 Å². The number of piperazine rings is 1. The predicted molar refractivity (Wildman–Crippen MR) is 140 cm³/mol. The van der Waals surface area contributed by atoms with E-state index in [0.29, 0.717) is 19.7 Å². The summed E-state index contributed by atoms with van der Waals surface area (Å²) < 4.78 is 12.1. The van der Waals surface area contributed by atoms with Crippen LogP contribution in [0.25, 0.3) is 10.8 Å². The van der Waals surface area contributed by atoms with Gasteiger partial charge in [0.25, 0.3) is 0 Å². The fourth-order valence-electron chi connectivity index (χ4n) is 5.93. The van der Waals surface area contributed by atoms with Crippen molar-refractivity contribution in [1.29, 1.82) is 0 Å². The zero-order valence-corrected chi connectivity index (χ0v) is 21.7. The number of hydrogen-bond donors (Lipinski definition) is 0. The minimum atomic E-state index is -0.513. The molecule has 8 heteroatoms. The smallest absolute Gasteiger partial charge is 0.410 e. The first-order valence-electron chi connectivity index (χ1n) is 12.7. The van der Waals surface area contributed by atoms with Crippen LogP contribution in [-0.4, -0.2) is 58.3 Å². The van der Waals surface area contributed by atoms with Crippen molar-refractivity contribution in [3.63, 3.8) is 0 Å². The van der Waals surface area contributed by atoms with E-state index >= 15 is 0 Å². The van der Waals surface area contributed by atoms with Gasteiger partial charge in [0.15, 0.2) is 11.6 Å². The Balaban J connectivity index is 1.26. The Morgan fingerprint density at radius 3 is 2.53 bits per heavy atom. The van der Waals surface area contributed by atoms with Gasteiger partial charge >= 0.3 is 6.09 Å². The molecule has 2 aromatic carbocycles. The fraction of sp³-hybridized carbons (Fsp3) is 0.464. The highest BCUT2D eigenvalue weighted by Crippen LogP contribution is 2.42. The molecule has 6 rings (SSSR count). The highest BCUT2D eigenvalue weighted by Gasteiger charge is 2.45. The minimum Gasteiger partial charge on any atom is -0.487 e. The maximum Gasteiger partial charge on any atom is 0.410 e. The number of nitrogens with zero attached hydrogens (tertiary/aromatic N) is 4. The largest absolute Gasteiger partial charge is 0.487 e. The molecule has 0 radical (unpaired) electrons. The second-order valence-electron chi connectivity index (χ2n) is 11.1. The summed E-state index contributed by atoms with van der Waals surface area (Å²) >= 11 is 6.44. The van der Waals surface area contributed by atoms with E-state index in [1.54, 1.807) is 0 Å². The van der Waals surface area contributed by atoms with Gasteiger partial charge in [0.1, 0.15) is 5.60 Å². The Morgan fingerprint density at radius 2 is 1.78 bits per heavy atom. The van der Waals surface area contributed by atoms with Crippen LogP contribution in [0.5, 0.6) is 5.75 Å². The molecule has 4 heterocycles. The monoisotopic (exact) mass is 506 g/mol. The van der Waals surface area contributed by atoms with Crippen LogP contribution < -0.4 is 9.64 Å². The van der Waals surface area contributed by atoms with Gasteiger partial charge in [-0.05, 0) is 61.5 Å². The van der Waals surface area contributed by atoms with Gasteiger partial charge < -0.3 is 14.4 Å². The number of amides is 1. The highest BCUT2D eigenvalue weighted by atomic mass is 35.5. The maximum atomic E-state index is 12.9. The summed E-state index contributed by atoms with van der Waals surface area (Å²) in [6.07, 6.45) is 2.41. The van der Waals surface area contributed by atoms with Gasteiger partial charge in [-0.15, -0.1) is 0 Å². The van der Waals surface area contributed by atoms with Crippen molar-refractivity contribution < 1.29 is 14.3 Å². The number of fused-ring (bicyclic) bond motifs is 4. The number of ether oxygens (including phenoxy) is 2. The van der Waals surface area contributed by atoms with Gasteiger partial charge in [-0.1, -0.05) is 42.5 Å². The molecule has 3 aromatic rings. The van der Waals surface area contributed by atoms with Crippen molar-refractivity contribution in [3.05, 3.63) is 59.0 Å². The summed E-state index contributed by atoms with van der Waals surface area (Å²) in [4.78, 5) is 26.2. The van der Waals surface area contributed by atoms with Crippen molar-refractivity contribution in [3.8, 4) is 5.75 Å². The average Bonchev–Trinajstić information content (AvgIpc) is 3.11. The Labute approximate surface area is 216 Å². The summed E-state index contributed by atoms with van der Waals surface area (Å²) in [6, 6.07) is 15.0. The molecule has 2 fully saturated rings. The third-order valence-corrected chi connectivity index (χ3v) is 7.58. The molecule has 3 aliphatic heterocycles. The zero-order chi connectivity index (χ0) is 25.0. The Kier molecular flexibility index (Phi) is 5.71. The van der Waals surface area contributed by atoms with Gasteiger partial charge in [0.05, 0.1) is 24.4 Å². The average molecular weight is 507 g/mol. The van der Waals surface area contributed by atoms with Gasteiger partial charge in [-0.3, -0.25) is 4.90 Å². The molecule has 3 aliphatic rings. The lowest BCUT2D eigenvalue weighted by atomic mass is 9.89. The molecule has 1 amide bonds. The summed E-state index contributed by atoms with van der Waals surface area (Å²) in [5, 5.41) is 2.70. The van der Waals surface area contributed by atoms with E-state index in [9.17, 15) is 4.79 Å². The van der Waals surface area contributed by atoms with Gasteiger partial charge in [-0.2, -0.15) is 4.98 Å². The first-order valence-corrected chi connectivity index (χ1v) is 13.1. The van der Waals surface area contributed by atoms with E-state index in [0.717, 1.165) is 36.5 Å². The van der Waals surface area contributed by atoms with E-state index in [2.05, 4.69) is 57.3 Å². The number of rotatable bonds is 2. The molecule has 3 atom stereocenters. The van der Waals surface area contributed by atoms with Crippen LogP contribution in [0, 0.1) is 0 Å². The van der Waals surface area contributed by atoms with Crippen molar-refractivity contribution in [2.24, 2.45) is 0 Å². The van der Waals surface area contributed by atoms with Gasteiger partial charge in [-0.25, -0.2) is 9.78 Å². The predicted octanol–water partition coefficient (Wildman–Crippen LogP) is 5.59. The summed E-state index contributed by atoms with van der Waals surface area (Å²) in [6.45, 7) is 7.62. The number of carbonyl (C=O) groups excluding carboxylic acids is 1. The van der Waals surface area contributed by atoms with Crippen LogP contribution in [0.1, 0.15) is 50.8 Å². The lowest BCUT2D eigenvalue weighted by Gasteiger charge is -2.42. The van der Waals surface area contributed by atoms with Gasteiger partial charge in [0.2, 0.25) is 5.28 Å². The second-order valence-corrected chi connectivity index (χ2v) is 11.4. The van der Waals surface area contributed by atoms with E-state index < -0.39 is 5.60 Å². The normalized spacial score (nSPS) is 23.4. The molecule has 2 saturated heterocycles. The van der Waals surface area contributed by atoms with E-state index in [1.807, 2.05) is 25.7 Å². The lowest BCUT2D eigenvalue weighted by Crippen LogP contribution is -2.57. The summed E-state index contributed by atoms with van der Waals surface area (Å²) in [7, 11) is 0.